The molecule has 4 nitrogen and oxygen atoms in total. The lowest BCUT2D eigenvalue weighted by atomic mass is 10.3. The molecule has 1 aliphatic carbocycles. The molecule has 0 saturated heterocycles. The molecule has 2 heterocycles. The van der Waals surface area contributed by atoms with Gasteiger partial charge in [-0.15, -0.1) is 0 Å². The summed E-state index contributed by atoms with van der Waals surface area (Å²) in [6.45, 7) is 0.323. The van der Waals surface area contributed by atoms with Crippen LogP contribution in [0, 0.1) is 11.7 Å². The largest absolute Gasteiger partial charge is 0.467 e. The number of furan rings is 1. The second-order valence-electron chi connectivity index (χ2n) is 5.36. The Labute approximate surface area is 130 Å². The van der Waals surface area contributed by atoms with Crippen LogP contribution in [0.3, 0.4) is 0 Å². The molecule has 0 N–H and O–H groups in total. The van der Waals surface area contributed by atoms with Crippen LogP contribution in [-0.4, -0.2) is 10.9 Å². The number of carbonyl (C=O) groups is 1. The summed E-state index contributed by atoms with van der Waals surface area (Å²) in [5.41, 5.74) is 0.315. The first-order valence-corrected chi connectivity index (χ1v) is 7.93. The van der Waals surface area contributed by atoms with E-state index in [0.717, 1.165) is 17.5 Å². The van der Waals surface area contributed by atoms with Crippen LogP contribution in [0.1, 0.15) is 18.6 Å². The molecule has 22 heavy (non-hydrogen) atoms. The summed E-state index contributed by atoms with van der Waals surface area (Å²) in [5.74, 6) is 0.424. The van der Waals surface area contributed by atoms with Crippen molar-refractivity contribution in [1.29, 1.82) is 0 Å². The molecule has 1 aliphatic rings. The number of anilines is 1. The van der Waals surface area contributed by atoms with Gasteiger partial charge in [0.2, 0.25) is 5.91 Å². The van der Waals surface area contributed by atoms with Crippen LogP contribution >= 0.6 is 11.3 Å². The van der Waals surface area contributed by atoms with Gasteiger partial charge < -0.3 is 4.42 Å². The van der Waals surface area contributed by atoms with Gasteiger partial charge in [0.05, 0.1) is 17.5 Å². The van der Waals surface area contributed by atoms with Crippen LogP contribution in [0.15, 0.2) is 41.0 Å². The number of halogens is 1. The fraction of sp³-hybridized carbons (Fsp3) is 0.250. The summed E-state index contributed by atoms with van der Waals surface area (Å²) >= 11 is 1.33. The highest BCUT2D eigenvalue weighted by Gasteiger charge is 2.35. The van der Waals surface area contributed by atoms with Crippen molar-refractivity contribution in [3.8, 4) is 0 Å². The van der Waals surface area contributed by atoms with E-state index < -0.39 is 0 Å². The molecule has 0 radical (unpaired) electrons. The second kappa shape index (κ2) is 5.21. The number of carbonyl (C=O) groups excluding carboxylic acids is 1. The Morgan fingerprint density at radius 2 is 2.23 bits per heavy atom. The minimum absolute atomic E-state index is 0.0378. The van der Waals surface area contributed by atoms with Gasteiger partial charge in [0, 0.05) is 5.92 Å². The van der Waals surface area contributed by atoms with Crippen molar-refractivity contribution in [1.82, 2.24) is 4.98 Å². The van der Waals surface area contributed by atoms with E-state index in [-0.39, 0.29) is 17.6 Å². The molecule has 6 heteroatoms. The smallest absolute Gasteiger partial charge is 0.232 e. The monoisotopic (exact) mass is 316 g/mol. The van der Waals surface area contributed by atoms with E-state index in [4.69, 9.17) is 4.42 Å². The standard InChI is InChI=1S/C16H13FN2O2S/c17-12-4-1-5-13-14(12)18-16(22-13)19(15(20)10-6-7-10)9-11-3-2-8-21-11/h1-5,8,10H,6-7,9H2. The summed E-state index contributed by atoms with van der Waals surface area (Å²) in [5, 5.41) is 0.522. The molecule has 4 rings (SSSR count). The Morgan fingerprint density at radius 1 is 1.36 bits per heavy atom. The zero-order valence-electron chi connectivity index (χ0n) is 11.7. The predicted molar refractivity (Wildman–Crippen MR) is 82.2 cm³/mol. The molecule has 0 bridgehead atoms. The van der Waals surface area contributed by atoms with Crippen LogP contribution in [-0.2, 0) is 11.3 Å². The minimum atomic E-state index is -0.364. The third-order valence-corrected chi connectivity index (χ3v) is 4.72. The van der Waals surface area contributed by atoms with Crippen LogP contribution in [0.4, 0.5) is 9.52 Å². The van der Waals surface area contributed by atoms with Crippen molar-refractivity contribution >= 4 is 32.6 Å². The molecule has 1 amide bonds. The van der Waals surface area contributed by atoms with E-state index in [9.17, 15) is 9.18 Å². The topological polar surface area (TPSA) is 46.3 Å². The summed E-state index contributed by atoms with van der Waals surface area (Å²) in [4.78, 5) is 18.5. The molecule has 1 aromatic carbocycles. The van der Waals surface area contributed by atoms with Crippen LogP contribution < -0.4 is 4.90 Å². The molecule has 112 valence electrons. The predicted octanol–water partition coefficient (Wildman–Crippen LogP) is 3.97. The molecular formula is C16H13FN2O2S. The number of rotatable bonds is 4. The van der Waals surface area contributed by atoms with Crippen LogP contribution in [0.25, 0.3) is 10.2 Å². The zero-order valence-corrected chi connectivity index (χ0v) is 12.5. The number of fused-ring (bicyclic) bond motifs is 1. The van der Waals surface area contributed by atoms with Crippen molar-refractivity contribution < 1.29 is 13.6 Å². The van der Waals surface area contributed by atoms with E-state index in [1.165, 1.54) is 17.4 Å². The maximum Gasteiger partial charge on any atom is 0.232 e. The summed E-state index contributed by atoms with van der Waals surface area (Å²) < 4.78 is 19.9. The zero-order chi connectivity index (χ0) is 15.1. The van der Waals surface area contributed by atoms with Crippen molar-refractivity contribution in [2.75, 3.05) is 4.90 Å². The fourth-order valence-electron chi connectivity index (χ4n) is 2.37. The first-order valence-electron chi connectivity index (χ1n) is 7.11. The van der Waals surface area contributed by atoms with Crippen molar-refractivity contribution in [3.63, 3.8) is 0 Å². The van der Waals surface area contributed by atoms with Gasteiger partial charge in [-0.05, 0) is 37.1 Å². The minimum Gasteiger partial charge on any atom is -0.467 e. The van der Waals surface area contributed by atoms with Crippen molar-refractivity contribution in [3.05, 3.63) is 48.2 Å². The summed E-state index contributed by atoms with van der Waals surface area (Å²) in [7, 11) is 0. The summed E-state index contributed by atoms with van der Waals surface area (Å²) in [6, 6.07) is 8.45. The third kappa shape index (κ3) is 2.39. The molecule has 0 atom stereocenters. The maximum atomic E-state index is 13.8. The van der Waals surface area contributed by atoms with Crippen molar-refractivity contribution in [2.45, 2.75) is 19.4 Å². The fourth-order valence-corrected chi connectivity index (χ4v) is 3.35. The van der Waals surface area contributed by atoms with Crippen LogP contribution in [0.5, 0.6) is 0 Å². The average molecular weight is 316 g/mol. The first kappa shape index (κ1) is 13.5. The van der Waals surface area contributed by atoms with Gasteiger partial charge in [0.1, 0.15) is 17.1 Å². The molecule has 3 aromatic rings. The van der Waals surface area contributed by atoms with E-state index in [2.05, 4.69) is 4.98 Å². The van der Waals surface area contributed by atoms with Gasteiger partial charge in [-0.3, -0.25) is 9.69 Å². The number of amides is 1. The van der Waals surface area contributed by atoms with Crippen LogP contribution in [0.2, 0.25) is 0 Å². The third-order valence-electron chi connectivity index (χ3n) is 3.68. The SMILES string of the molecule is O=C(C1CC1)N(Cc1ccco1)c1nc2c(F)cccc2s1. The quantitative estimate of drug-likeness (QED) is 0.731. The van der Waals surface area contributed by atoms with Gasteiger partial charge in [0.15, 0.2) is 5.13 Å². The Morgan fingerprint density at radius 3 is 2.91 bits per heavy atom. The number of nitrogens with zero attached hydrogens (tertiary/aromatic N) is 2. The maximum absolute atomic E-state index is 13.8. The Kier molecular flexibility index (Phi) is 3.18. The normalized spacial score (nSPS) is 14.4. The number of hydrogen-bond acceptors (Lipinski definition) is 4. The van der Waals surface area contributed by atoms with Gasteiger partial charge >= 0.3 is 0 Å². The van der Waals surface area contributed by atoms with Crippen molar-refractivity contribution in [2.24, 2.45) is 5.92 Å². The highest BCUT2D eigenvalue weighted by molar-refractivity contribution is 7.22. The number of hydrogen-bond donors (Lipinski definition) is 0. The van der Waals surface area contributed by atoms with E-state index in [1.807, 2.05) is 12.1 Å². The number of para-hydroxylation sites is 1. The second-order valence-corrected chi connectivity index (χ2v) is 6.37. The molecule has 1 saturated carbocycles. The van der Waals surface area contributed by atoms with Gasteiger partial charge in [0.25, 0.3) is 0 Å². The Bertz CT molecular complexity index is 824. The highest BCUT2D eigenvalue weighted by Crippen LogP contribution is 2.36. The lowest BCUT2D eigenvalue weighted by Crippen LogP contribution is -2.31. The van der Waals surface area contributed by atoms with E-state index in [0.29, 0.717) is 23.0 Å². The lowest BCUT2D eigenvalue weighted by molar-refractivity contribution is -0.120. The molecule has 1 fully saturated rings. The van der Waals surface area contributed by atoms with Gasteiger partial charge in [-0.25, -0.2) is 9.37 Å². The number of benzene rings is 1. The summed E-state index contributed by atoms with van der Waals surface area (Å²) in [6.07, 6.45) is 3.40. The molecular weight excluding hydrogens is 303 g/mol. The number of aromatic nitrogens is 1. The van der Waals surface area contributed by atoms with E-state index in [1.54, 1.807) is 23.3 Å². The molecule has 2 aromatic heterocycles. The average Bonchev–Trinajstić information content (AvgIpc) is 3.06. The van der Waals surface area contributed by atoms with Gasteiger partial charge in [-0.2, -0.15) is 0 Å². The van der Waals surface area contributed by atoms with E-state index >= 15 is 0 Å². The molecule has 0 unspecified atom stereocenters. The lowest BCUT2D eigenvalue weighted by Gasteiger charge is -2.18. The highest BCUT2D eigenvalue weighted by atomic mass is 32.1. The Hall–Kier alpha value is -2.21. The molecule has 0 aliphatic heterocycles. The number of thiazole rings is 1. The molecule has 0 spiro atoms. The first-order chi connectivity index (χ1) is 10.7. The van der Waals surface area contributed by atoms with Gasteiger partial charge in [-0.1, -0.05) is 17.4 Å². The Balaban J connectivity index is 1.74.